The molecule has 3 nitrogen and oxygen atoms in total. The van der Waals surface area contributed by atoms with Gasteiger partial charge in [-0.1, -0.05) is 24.4 Å². The van der Waals surface area contributed by atoms with Crippen LogP contribution in [0, 0.1) is 5.92 Å². The van der Waals surface area contributed by atoms with Crippen LogP contribution < -0.4 is 15.8 Å². The molecule has 0 aliphatic heterocycles. The highest BCUT2D eigenvalue weighted by atomic mass is 79.9. The molecular formula is C15H22BrClN2O. The zero-order chi connectivity index (χ0) is 14.5. The summed E-state index contributed by atoms with van der Waals surface area (Å²) in [5.74, 6) is 1.36. The Labute approximate surface area is 134 Å². The van der Waals surface area contributed by atoms with E-state index in [9.17, 15) is 0 Å². The van der Waals surface area contributed by atoms with Crippen LogP contribution in [0.5, 0.6) is 5.75 Å². The molecule has 2 rings (SSSR count). The highest BCUT2D eigenvalue weighted by Gasteiger charge is 2.25. The minimum Gasteiger partial charge on any atom is -0.491 e. The predicted molar refractivity (Wildman–Crippen MR) is 88.7 cm³/mol. The number of ether oxygens (including phenoxy) is 1. The van der Waals surface area contributed by atoms with Crippen molar-refractivity contribution in [3.05, 3.63) is 21.6 Å². The first-order valence-electron chi connectivity index (χ1n) is 7.24. The summed E-state index contributed by atoms with van der Waals surface area (Å²) in [6.07, 6.45) is 4.87. The fourth-order valence-electron chi connectivity index (χ4n) is 2.84. The third-order valence-corrected chi connectivity index (χ3v) is 4.66. The lowest BCUT2D eigenvalue weighted by atomic mass is 9.84. The van der Waals surface area contributed by atoms with Gasteiger partial charge in [-0.2, -0.15) is 0 Å². The number of anilines is 1. The van der Waals surface area contributed by atoms with Gasteiger partial charge in [0.05, 0.1) is 16.8 Å². The van der Waals surface area contributed by atoms with Crippen molar-refractivity contribution in [3.63, 3.8) is 0 Å². The van der Waals surface area contributed by atoms with E-state index in [4.69, 9.17) is 22.1 Å². The molecule has 112 valence electrons. The molecule has 1 aromatic carbocycles. The average Bonchev–Trinajstić information content (AvgIpc) is 2.43. The summed E-state index contributed by atoms with van der Waals surface area (Å²) in [5, 5.41) is 4.29. The number of nitrogens with one attached hydrogen (secondary N) is 1. The summed E-state index contributed by atoms with van der Waals surface area (Å²) in [5.41, 5.74) is 6.85. The molecule has 1 saturated carbocycles. The Hall–Kier alpha value is -0.450. The van der Waals surface area contributed by atoms with E-state index in [1.165, 1.54) is 19.3 Å². The number of halogens is 2. The first-order chi connectivity index (χ1) is 9.65. The summed E-state index contributed by atoms with van der Waals surface area (Å²) in [6, 6.07) is 4.19. The van der Waals surface area contributed by atoms with Crippen LogP contribution in [0.15, 0.2) is 16.6 Å². The maximum Gasteiger partial charge on any atom is 0.156 e. The Morgan fingerprint density at radius 3 is 2.85 bits per heavy atom. The van der Waals surface area contributed by atoms with Crippen LogP contribution in [-0.2, 0) is 0 Å². The molecule has 0 heterocycles. The lowest BCUT2D eigenvalue weighted by Crippen LogP contribution is -2.36. The number of rotatable bonds is 5. The highest BCUT2D eigenvalue weighted by Crippen LogP contribution is 2.38. The van der Waals surface area contributed by atoms with Gasteiger partial charge < -0.3 is 15.8 Å². The molecule has 5 heteroatoms. The van der Waals surface area contributed by atoms with E-state index in [-0.39, 0.29) is 0 Å². The van der Waals surface area contributed by atoms with Gasteiger partial charge in [-0.05, 0) is 60.3 Å². The molecule has 0 saturated heterocycles. The van der Waals surface area contributed by atoms with Crippen molar-refractivity contribution in [1.82, 2.24) is 0 Å². The SMILES string of the molecule is CCOc1c(Br)cc(Cl)cc1NC1CCCCC1CN. The standard InChI is InChI=1S/C15H22BrClN2O/c1-2-20-15-12(16)7-11(17)8-14(15)19-13-6-4-3-5-10(13)9-18/h7-8,10,13,19H,2-6,9,18H2,1H3. The molecule has 1 fully saturated rings. The van der Waals surface area contributed by atoms with Crippen molar-refractivity contribution < 1.29 is 4.74 Å². The van der Waals surface area contributed by atoms with Gasteiger partial charge in [0, 0.05) is 11.1 Å². The summed E-state index contributed by atoms with van der Waals surface area (Å²) in [6.45, 7) is 3.33. The average molecular weight is 362 g/mol. The van der Waals surface area contributed by atoms with Gasteiger partial charge in [0.1, 0.15) is 0 Å². The van der Waals surface area contributed by atoms with Crippen molar-refractivity contribution in [2.24, 2.45) is 11.7 Å². The minimum absolute atomic E-state index is 0.401. The Morgan fingerprint density at radius 1 is 1.40 bits per heavy atom. The molecule has 1 aromatic rings. The zero-order valence-electron chi connectivity index (χ0n) is 11.8. The molecule has 0 radical (unpaired) electrons. The summed E-state index contributed by atoms with van der Waals surface area (Å²) in [7, 11) is 0. The van der Waals surface area contributed by atoms with Gasteiger partial charge in [0.15, 0.2) is 5.75 Å². The molecule has 0 aromatic heterocycles. The second-order valence-electron chi connectivity index (χ2n) is 5.23. The minimum atomic E-state index is 0.401. The van der Waals surface area contributed by atoms with E-state index in [1.54, 1.807) is 0 Å². The maximum atomic E-state index is 6.16. The summed E-state index contributed by atoms with van der Waals surface area (Å²) >= 11 is 9.68. The van der Waals surface area contributed by atoms with Gasteiger partial charge >= 0.3 is 0 Å². The van der Waals surface area contributed by atoms with E-state index in [2.05, 4.69) is 21.2 Å². The van der Waals surface area contributed by atoms with E-state index < -0.39 is 0 Å². The molecule has 2 atom stereocenters. The second-order valence-corrected chi connectivity index (χ2v) is 6.52. The predicted octanol–water partition coefficient (Wildman–Crippen LogP) is 4.43. The molecule has 0 amide bonds. The largest absolute Gasteiger partial charge is 0.491 e. The smallest absolute Gasteiger partial charge is 0.156 e. The van der Waals surface area contributed by atoms with Crippen molar-refractivity contribution in [3.8, 4) is 5.75 Å². The van der Waals surface area contributed by atoms with E-state index in [0.29, 0.717) is 23.6 Å². The molecule has 1 aliphatic carbocycles. The molecule has 3 N–H and O–H groups in total. The lowest BCUT2D eigenvalue weighted by Gasteiger charge is -2.32. The van der Waals surface area contributed by atoms with E-state index in [0.717, 1.165) is 28.9 Å². The topological polar surface area (TPSA) is 47.3 Å². The summed E-state index contributed by atoms with van der Waals surface area (Å²) < 4.78 is 6.62. The van der Waals surface area contributed by atoms with Crippen molar-refractivity contribution in [1.29, 1.82) is 0 Å². The second kappa shape index (κ2) is 7.53. The quantitative estimate of drug-likeness (QED) is 0.815. The van der Waals surface area contributed by atoms with Gasteiger partial charge in [0.25, 0.3) is 0 Å². The van der Waals surface area contributed by atoms with Crippen LogP contribution in [0.1, 0.15) is 32.6 Å². The maximum absolute atomic E-state index is 6.16. The highest BCUT2D eigenvalue weighted by molar-refractivity contribution is 9.10. The van der Waals surface area contributed by atoms with Gasteiger partial charge in [-0.15, -0.1) is 0 Å². The van der Waals surface area contributed by atoms with E-state index >= 15 is 0 Å². The van der Waals surface area contributed by atoms with Crippen LogP contribution in [0.3, 0.4) is 0 Å². The fraction of sp³-hybridized carbons (Fsp3) is 0.600. The Kier molecular flexibility index (Phi) is 6.00. The molecule has 0 bridgehead atoms. The number of hydrogen-bond acceptors (Lipinski definition) is 3. The van der Waals surface area contributed by atoms with Crippen molar-refractivity contribution >= 4 is 33.2 Å². The Balaban J connectivity index is 2.22. The van der Waals surface area contributed by atoms with Gasteiger partial charge in [-0.25, -0.2) is 0 Å². The zero-order valence-corrected chi connectivity index (χ0v) is 14.1. The van der Waals surface area contributed by atoms with Crippen LogP contribution in [0.25, 0.3) is 0 Å². The van der Waals surface area contributed by atoms with Crippen LogP contribution >= 0.6 is 27.5 Å². The number of nitrogens with two attached hydrogens (primary N) is 1. The fourth-order valence-corrected chi connectivity index (χ4v) is 3.76. The first kappa shape index (κ1) is 15.9. The third kappa shape index (κ3) is 3.80. The van der Waals surface area contributed by atoms with Crippen molar-refractivity contribution in [2.75, 3.05) is 18.5 Å². The molecule has 0 spiro atoms. The number of benzene rings is 1. The normalized spacial score (nSPS) is 22.6. The summed E-state index contributed by atoms with van der Waals surface area (Å²) in [4.78, 5) is 0. The third-order valence-electron chi connectivity index (χ3n) is 3.85. The van der Waals surface area contributed by atoms with Crippen LogP contribution in [0.2, 0.25) is 5.02 Å². The molecular weight excluding hydrogens is 340 g/mol. The van der Waals surface area contributed by atoms with E-state index in [1.807, 2.05) is 19.1 Å². The van der Waals surface area contributed by atoms with Gasteiger partial charge in [0.2, 0.25) is 0 Å². The van der Waals surface area contributed by atoms with Crippen molar-refractivity contribution in [2.45, 2.75) is 38.6 Å². The molecule has 1 aliphatic rings. The van der Waals surface area contributed by atoms with Crippen LogP contribution in [-0.4, -0.2) is 19.2 Å². The van der Waals surface area contributed by atoms with Crippen LogP contribution in [0.4, 0.5) is 5.69 Å². The molecule has 2 unspecified atom stereocenters. The lowest BCUT2D eigenvalue weighted by molar-refractivity contribution is 0.324. The van der Waals surface area contributed by atoms with Gasteiger partial charge in [-0.3, -0.25) is 0 Å². The Bertz CT molecular complexity index is 456. The first-order valence-corrected chi connectivity index (χ1v) is 8.41. The monoisotopic (exact) mass is 360 g/mol. The number of hydrogen-bond donors (Lipinski definition) is 2. The Morgan fingerprint density at radius 2 is 2.15 bits per heavy atom. The molecule has 20 heavy (non-hydrogen) atoms.